The summed E-state index contributed by atoms with van der Waals surface area (Å²) in [5.41, 5.74) is 2.83. The number of carbonyl (C=O) groups is 1. The molecule has 0 fully saturated rings. The quantitative estimate of drug-likeness (QED) is 0.476. The SMILES string of the molecule is Cc1cc2nc(NC(=O)c3ccc(C(C)(O)CO)cc3)cc(-c3ccccc3)n2n1. The number of rotatable bonds is 5. The number of anilines is 1. The van der Waals surface area contributed by atoms with Crippen LogP contribution in [-0.4, -0.2) is 37.3 Å². The van der Waals surface area contributed by atoms with Gasteiger partial charge < -0.3 is 15.5 Å². The second-order valence-electron chi connectivity index (χ2n) is 7.41. The molecule has 1 amide bonds. The van der Waals surface area contributed by atoms with E-state index >= 15 is 0 Å². The van der Waals surface area contributed by atoms with Crippen molar-refractivity contribution in [2.75, 3.05) is 11.9 Å². The Bertz CT molecular complexity index is 1200. The zero-order chi connectivity index (χ0) is 21.3. The summed E-state index contributed by atoms with van der Waals surface area (Å²) in [6, 6.07) is 19.9. The van der Waals surface area contributed by atoms with Crippen LogP contribution in [0.3, 0.4) is 0 Å². The molecule has 0 saturated carbocycles. The Morgan fingerprint density at radius 3 is 2.47 bits per heavy atom. The maximum Gasteiger partial charge on any atom is 0.256 e. The molecular formula is C23H22N4O3. The van der Waals surface area contributed by atoms with Gasteiger partial charge in [-0.05, 0) is 31.5 Å². The molecule has 2 heterocycles. The highest BCUT2D eigenvalue weighted by Gasteiger charge is 2.22. The Morgan fingerprint density at radius 1 is 1.10 bits per heavy atom. The van der Waals surface area contributed by atoms with Gasteiger partial charge in [0.15, 0.2) is 5.65 Å². The number of carbonyl (C=O) groups excluding carboxylic acids is 1. The van der Waals surface area contributed by atoms with Crippen LogP contribution in [0.15, 0.2) is 66.7 Å². The van der Waals surface area contributed by atoms with Gasteiger partial charge in [0.25, 0.3) is 5.91 Å². The molecule has 0 bridgehead atoms. The maximum absolute atomic E-state index is 12.7. The zero-order valence-corrected chi connectivity index (χ0v) is 16.7. The Labute approximate surface area is 173 Å². The van der Waals surface area contributed by atoms with Crippen molar-refractivity contribution < 1.29 is 15.0 Å². The van der Waals surface area contributed by atoms with E-state index in [1.54, 1.807) is 34.8 Å². The van der Waals surface area contributed by atoms with Crippen LogP contribution in [0.1, 0.15) is 28.5 Å². The number of aromatic nitrogens is 3. The lowest BCUT2D eigenvalue weighted by molar-refractivity contribution is -0.00229. The van der Waals surface area contributed by atoms with E-state index in [2.05, 4.69) is 15.4 Å². The number of benzene rings is 2. The lowest BCUT2D eigenvalue weighted by atomic mass is 9.96. The number of fused-ring (bicyclic) bond motifs is 1. The van der Waals surface area contributed by atoms with Crippen LogP contribution in [-0.2, 0) is 5.60 Å². The molecule has 3 N–H and O–H groups in total. The molecule has 152 valence electrons. The molecule has 1 unspecified atom stereocenters. The van der Waals surface area contributed by atoms with Crippen molar-refractivity contribution in [2.45, 2.75) is 19.4 Å². The molecule has 1 atom stereocenters. The highest BCUT2D eigenvalue weighted by atomic mass is 16.3. The van der Waals surface area contributed by atoms with Crippen LogP contribution in [0, 0.1) is 6.92 Å². The molecule has 0 aliphatic rings. The molecule has 7 heteroatoms. The van der Waals surface area contributed by atoms with Gasteiger partial charge in [0, 0.05) is 23.3 Å². The molecule has 2 aromatic heterocycles. The molecule has 0 spiro atoms. The molecule has 7 nitrogen and oxygen atoms in total. The lowest BCUT2D eigenvalue weighted by Crippen LogP contribution is -2.25. The van der Waals surface area contributed by atoms with Gasteiger partial charge in [-0.3, -0.25) is 4.79 Å². The van der Waals surface area contributed by atoms with E-state index in [4.69, 9.17) is 0 Å². The third-order valence-corrected chi connectivity index (χ3v) is 4.94. The van der Waals surface area contributed by atoms with Crippen LogP contribution in [0.4, 0.5) is 5.82 Å². The van der Waals surface area contributed by atoms with Crippen LogP contribution >= 0.6 is 0 Å². The Morgan fingerprint density at radius 2 is 1.80 bits per heavy atom. The Kier molecular flexibility index (Phi) is 5.07. The van der Waals surface area contributed by atoms with Crippen LogP contribution in [0.2, 0.25) is 0 Å². The first-order valence-electron chi connectivity index (χ1n) is 9.55. The first-order chi connectivity index (χ1) is 14.4. The van der Waals surface area contributed by atoms with Gasteiger partial charge >= 0.3 is 0 Å². The summed E-state index contributed by atoms with van der Waals surface area (Å²) < 4.78 is 1.76. The predicted molar refractivity (Wildman–Crippen MR) is 114 cm³/mol. The lowest BCUT2D eigenvalue weighted by Gasteiger charge is -2.20. The molecule has 30 heavy (non-hydrogen) atoms. The standard InChI is InChI=1S/C23H22N4O3/c1-15-12-21-24-20(13-19(27(21)26-15)16-6-4-3-5-7-16)25-22(29)17-8-10-18(11-9-17)23(2,30)14-28/h3-13,28,30H,14H2,1-2H3,(H,24,25,29). The average molecular weight is 402 g/mol. The summed E-state index contributed by atoms with van der Waals surface area (Å²) in [6.07, 6.45) is 0. The Hall–Kier alpha value is -3.55. The summed E-state index contributed by atoms with van der Waals surface area (Å²) in [6.45, 7) is 3.00. The van der Waals surface area contributed by atoms with E-state index < -0.39 is 12.2 Å². The zero-order valence-electron chi connectivity index (χ0n) is 16.7. The molecule has 0 aliphatic carbocycles. The number of aliphatic hydroxyl groups excluding tert-OH is 1. The smallest absolute Gasteiger partial charge is 0.256 e. The van der Waals surface area contributed by atoms with E-state index in [0.29, 0.717) is 22.6 Å². The van der Waals surface area contributed by atoms with Crippen LogP contribution < -0.4 is 5.32 Å². The van der Waals surface area contributed by atoms with Crippen LogP contribution in [0.25, 0.3) is 16.9 Å². The summed E-state index contributed by atoms with van der Waals surface area (Å²) in [5.74, 6) is 0.0926. The number of amides is 1. The van der Waals surface area contributed by atoms with Gasteiger partial charge in [-0.15, -0.1) is 0 Å². The largest absolute Gasteiger partial charge is 0.393 e. The van der Waals surface area contributed by atoms with Crippen molar-refractivity contribution in [1.82, 2.24) is 14.6 Å². The van der Waals surface area contributed by atoms with Crippen molar-refractivity contribution in [3.8, 4) is 11.3 Å². The van der Waals surface area contributed by atoms with Gasteiger partial charge in [-0.1, -0.05) is 42.5 Å². The predicted octanol–water partition coefficient (Wildman–Crippen LogP) is 3.16. The highest BCUT2D eigenvalue weighted by Crippen LogP contribution is 2.24. The number of aliphatic hydroxyl groups is 2. The normalized spacial score (nSPS) is 13.2. The van der Waals surface area contributed by atoms with Crippen molar-refractivity contribution in [2.24, 2.45) is 0 Å². The van der Waals surface area contributed by atoms with Gasteiger partial charge in [-0.25, -0.2) is 9.50 Å². The average Bonchev–Trinajstić information content (AvgIpc) is 3.14. The minimum atomic E-state index is -1.36. The second-order valence-corrected chi connectivity index (χ2v) is 7.41. The number of nitrogens with zero attached hydrogens (tertiary/aromatic N) is 3. The topological polar surface area (TPSA) is 99.8 Å². The van der Waals surface area contributed by atoms with E-state index in [9.17, 15) is 15.0 Å². The fraction of sp³-hybridized carbons (Fsp3) is 0.174. The van der Waals surface area contributed by atoms with Crippen molar-refractivity contribution in [3.63, 3.8) is 0 Å². The van der Waals surface area contributed by atoms with Gasteiger partial charge in [0.05, 0.1) is 18.0 Å². The number of nitrogens with one attached hydrogen (secondary N) is 1. The maximum atomic E-state index is 12.7. The summed E-state index contributed by atoms with van der Waals surface area (Å²) in [7, 11) is 0. The second kappa shape index (κ2) is 7.70. The molecule has 0 saturated heterocycles. The fourth-order valence-corrected chi connectivity index (χ4v) is 3.23. The molecule has 0 radical (unpaired) electrons. The first kappa shape index (κ1) is 19.8. The van der Waals surface area contributed by atoms with Crippen molar-refractivity contribution >= 4 is 17.4 Å². The van der Waals surface area contributed by atoms with Gasteiger partial charge in [0.1, 0.15) is 11.4 Å². The van der Waals surface area contributed by atoms with Crippen molar-refractivity contribution in [1.29, 1.82) is 0 Å². The van der Waals surface area contributed by atoms with E-state index in [0.717, 1.165) is 17.0 Å². The summed E-state index contributed by atoms with van der Waals surface area (Å²) >= 11 is 0. The van der Waals surface area contributed by atoms with Gasteiger partial charge in [-0.2, -0.15) is 5.10 Å². The first-order valence-corrected chi connectivity index (χ1v) is 9.55. The fourth-order valence-electron chi connectivity index (χ4n) is 3.23. The van der Waals surface area contributed by atoms with E-state index in [1.165, 1.54) is 6.92 Å². The number of hydrogen-bond donors (Lipinski definition) is 3. The molecule has 2 aromatic carbocycles. The van der Waals surface area contributed by atoms with E-state index in [-0.39, 0.29) is 5.91 Å². The Balaban J connectivity index is 1.66. The molecule has 4 aromatic rings. The molecule has 4 rings (SSSR count). The van der Waals surface area contributed by atoms with Crippen LogP contribution in [0.5, 0.6) is 0 Å². The molecule has 0 aliphatic heterocycles. The summed E-state index contributed by atoms with van der Waals surface area (Å²) in [5, 5.41) is 26.8. The highest BCUT2D eigenvalue weighted by molar-refractivity contribution is 6.04. The van der Waals surface area contributed by atoms with E-state index in [1.807, 2.05) is 43.3 Å². The minimum absolute atomic E-state index is 0.322. The third-order valence-electron chi connectivity index (χ3n) is 4.94. The van der Waals surface area contributed by atoms with Gasteiger partial charge in [0.2, 0.25) is 0 Å². The number of aryl methyl sites for hydroxylation is 1. The van der Waals surface area contributed by atoms with Crippen molar-refractivity contribution in [3.05, 3.63) is 83.6 Å². The number of hydrogen-bond acceptors (Lipinski definition) is 5. The monoisotopic (exact) mass is 402 g/mol. The molecular weight excluding hydrogens is 380 g/mol. The minimum Gasteiger partial charge on any atom is -0.393 e. The summed E-state index contributed by atoms with van der Waals surface area (Å²) in [4.78, 5) is 17.3. The third kappa shape index (κ3) is 3.80.